The number of urea groups is 2. The van der Waals surface area contributed by atoms with Crippen molar-refractivity contribution in [1.82, 2.24) is 20.0 Å². The maximum atomic E-state index is 13.0. The molecule has 6 heteroatoms. The summed E-state index contributed by atoms with van der Waals surface area (Å²) in [5.41, 5.74) is -0.275. The largest absolute Gasteiger partial charge is 0.324 e. The fourth-order valence-corrected chi connectivity index (χ4v) is 4.42. The molecule has 2 aromatic carbocycles. The number of fused-ring (bicyclic) bond motifs is 1. The second-order valence-corrected chi connectivity index (χ2v) is 6.50. The van der Waals surface area contributed by atoms with Crippen molar-refractivity contribution in [1.29, 1.82) is 0 Å². The highest BCUT2D eigenvalue weighted by molar-refractivity contribution is 5.89. The normalized spacial score (nSPS) is 28.4. The first-order valence-electron chi connectivity index (χ1n) is 8.16. The molecule has 2 aliphatic heterocycles. The van der Waals surface area contributed by atoms with E-state index in [4.69, 9.17) is 0 Å². The number of nitrogens with one attached hydrogen (secondary N) is 1. The van der Waals surface area contributed by atoms with Crippen LogP contribution in [0.25, 0.3) is 0 Å². The molecule has 128 valence electrons. The molecule has 2 fully saturated rings. The van der Waals surface area contributed by atoms with Gasteiger partial charge in [0.1, 0.15) is 0 Å². The molecule has 0 aliphatic carbocycles. The third-order valence-corrected chi connectivity index (χ3v) is 5.51. The SMILES string of the molecule is CN1C(=O)N[C@]2(c3ccccc3)N(C)C(=O)N(C)[C@@]12c1ccccc1. The third kappa shape index (κ3) is 1.59. The highest BCUT2D eigenvalue weighted by atomic mass is 16.2. The lowest BCUT2D eigenvalue weighted by Crippen LogP contribution is -2.61. The predicted molar refractivity (Wildman–Crippen MR) is 93.5 cm³/mol. The molecule has 0 spiro atoms. The molecule has 0 radical (unpaired) electrons. The average Bonchev–Trinajstić information content (AvgIpc) is 2.99. The number of nitrogens with zero attached hydrogens (tertiary/aromatic N) is 3. The highest BCUT2D eigenvalue weighted by Gasteiger charge is 2.74. The van der Waals surface area contributed by atoms with Crippen LogP contribution in [0.4, 0.5) is 9.59 Å². The lowest BCUT2D eigenvalue weighted by molar-refractivity contribution is -0.00880. The van der Waals surface area contributed by atoms with Gasteiger partial charge in [0, 0.05) is 32.3 Å². The van der Waals surface area contributed by atoms with Gasteiger partial charge >= 0.3 is 12.1 Å². The van der Waals surface area contributed by atoms with Crippen LogP contribution in [0, 0.1) is 0 Å². The zero-order valence-electron chi connectivity index (χ0n) is 14.4. The molecule has 4 amide bonds. The number of likely N-dealkylation sites (N-methyl/N-ethyl adjacent to an activating group) is 3. The van der Waals surface area contributed by atoms with Crippen molar-refractivity contribution >= 4 is 12.1 Å². The van der Waals surface area contributed by atoms with E-state index in [-0.39, 0.29) is 12.1 Å². The molecular formula is C19H20N4O2. The molecule has 4 rings (SSSR count). The highest BCUT2D eigenvalue weighted by Crippen LogP contribution is 2.56. The molecule has 2 saturated heterocycles. The van der Waals surface area contributed by atoms with E-state index >= 15 is 0 Å². The average molecular weight is 336 g/mol. The first-order valence-corrected chi connectivity index (χ1v) is 8.16. The monoisotopic (exact) mass is 336 g/mol. The van der Waals surface area contributed by atoms with Crippen molar-refractivity contribution in [2.75, 3.05) is 21.1 Å². The van der Waals surface area contributed by atoms with Crippen molar-refractivity contribution in [3.63, 3.8) is 0 Å². The summed E-state index contributed by atoms with van der Waals surface area (Å²) >= 11 is 0. The quantitative estimate of drug-likeness (QED) is 0.915. The molecule has 25 heavy (non-hydrogen) atoms. The summed E-state index contributed by atoms with van der Waals surface area (Å²) in [5, 5.41) is 3.10. The van der Waals surface area contributed by atoms with Crippen LogP contribution in [-0.4, -0.2) is 47.9 Å². The van der Waals surface area contributed by atoms with E-state index in [0.717, 1.165) is 11.1 Å². The Kier molecular flexibility index (Phi) is 3.09. The van der Waals surface area contributed by atoms with E-state index in [1.807, 2.05) is 60.7 Å². The van der Waals surface area contributed by atoms with Gasteiger partial charge < -0.3 is 5.32 Å². The molecule has 0 aromatic heterocycles. The van der Waals surface area contributed by atoms with E-state index in [9.17, 15) is 9.59 Å². The lowest BCUT2D eigenvalue weighted by Gasteiger charge is -2.46. The summed E-state index contributed by atoms with van der Waals surface area (Å²) in [6.45, 7) is 0. The number of benzene rings is 2. The molecule has 2 atom stereocenters. The molecule has 0 unspecified atom stereocenters. The van der Waals surface area contributed by atoms with Gasteiger partial charge in [-0.15, -0.1) is 0 Å². The van der Waals surface area contributed by atoms with Gasteiger partial charge in [0.25, 0.3) is 0 Å². The van der Waals surface area contributed by atoms with E-state index in [1.54, 1.807) is 35.8 Å². The number of rotatable bonds is 2. The Morgan fingerprint density at radius 3 is 1.80 bits per heavy atom. The Hall–Kier alpha value is -3.02. The summed E-state index contributed by atoms with van der Waals surface area (Å²) in [6, 6.07) is 19.0. The lowest BCUT2D eigenvalue weighted by atomic mass is 9.81. The first-order chi connectivity index (χ1) is 12.0. The summed E-state index contributed by atoms with van der Waals surface area (Å²) in [7, 11) is 5.21. The summed E-state index contributed by atoms with van der Waals surface area (Å²) in [6.07, 6.45) is 0. The van der Waals surface area contributed by atoms with Crippen molar-refractivity contribution in [2.24, 2.45) is 0 Å². The fourth-order valence-electron chi connectivity index (χ4n) is 4.42. The van der Waals surface area contributed by atoms with Crippen LogP contribution in [0.1, 0.15) is 11.1 Å². The molecule has 0 bridgehead atoms. The molecule has 1 N–H and O–H groups in total. The maximum Gasteiger partial charge on any atom is 0.324 e. The Morgan fingerprint density at radius 1 is 0.720 bits per heavy atom. The number of hydrogen-bond donors (Lipinski definition) is 1. The molecule has 2 aliphatic rings. The smallest absolute Gasteiger partial charge is 0.307 e. The van der Waals surface area contributed by atoms with Crippen LogP contribution in [0.15, 0.2) is 60.7 Å². The van der Waals surface area contributed by atoms with Gasteiger partial charge in [0.2, 0.25) is 0 Å². The van der Waals surface area contributed by atoms with Crippen LogP contribution in [0.3, 0.4) is 0 Å². The minimum absolute atomic E-state index is 0.153. The Morgan fingerprint density at radius 2 is 1.24 bits per heavy atom. The van der Waals surface area contributed by atoms with Crippen molar-refractivity contribution in [2.45, 2.75) is 11.3 Å². The second-order valence-electron chi connectivity index (χ2n) is 6.50. The van der Waals surface area contributed by atoms with Crippen molar-refractivity contribution in [3.8, 4) is 0 Å². The summed E-state index contributed by atoms with van der Waals surface area (Å²) in [4.78, 5) is 30.7. The Balaban J connectivity index is 2.11. The molecule has 0 saturated carbocycles. The standard InChI is InChI=1S/C19H20N4O2/c1-21-16(24)20-18(14-10-6-4-7-11-14)19(21,15-12-8-5-9-13-15)23(3)17(25)22(18)2/h4-13H,1-3H3,(H,20,24)/t18-,19-/m1/s1. The first kappa shape index (κ1) is 15.5. The van der Waals surface area contributed by atoms with Gasteiger partial charge in [-0.05, 0) is 0 Å². The summed E-state index contributed by atoms with van der Waals surface area (Å²) in [5.74, 6) is 0. The molecule has 2 aromatic rings. The predicted octanol–water partition coefficient (Wildman–Crippen LogP) is 2.34. The zero-order chi connectivity index (χ0) is 17.8. The van der Waals surface area contributed by atoms with Gasteiger partial charge in [-0.25, -0.2) is 9.59 Å². The number of carbonyl (C=O) groups excluding carboxylic acids is 2. The van der Waals surface area contributed by atoms with Crippen LogP contribution in [-0.2, 0) is 11.3 Å². The van der Waals surface area contributed by atoms with E-state index in [1.165, 1.54) is 0 Å². The Labute approximate surface area is 146 Å². The number of carbonyl (C=O) groups is 2. The van der Waals surface area contributed by atoms with Crippen molar-refractivity contribution in [3.05, 3.63) is 71.8 Å². The van der Waals surface area contributed by atoms with Gasteiger partial charge in [-0.3, -0.25) is 14.7 Å². The van der Waals surface area contributed by atoms with Crippen LogP contribution < -0.4 is 5.32 Å². The molecule has 6 nitrogen and oxygen atoms in total. The Bertz CT molecular complexity index is 841. The topological polar surface area (TPSA) is 55.9 Å². The number of amides is 4. The minimum atomic E-state index is -1.02. The van der Waals surface area contributed by atoms with E-state index in [2.05, 4.69) is 5.32 Å². The van der Waals surface area contributed by atoms with Crippen LogP contribution in [0.2, 0.25) is 0 Å². The van der Waals surface area contributed by atoms with Gasteiger partial charge in [-0.1, -0.05) is 60.7 Å². The number of hydrogen-bond acceptors (Lipinski definition) is 2. The summed E-state index contributed by atoms with van der Waals surface area (Å²) < 4.78 is 0. The van der Waals surface area contributed by atoms with Gasteiger partial charge in [-0.2, -0.15) is 0 Å². The van der Waals surface area contributed by atoms with Gasteiger partial charge in [0.15, 0.2) is 11.3 Å². The second kappa shape index (κ2) is 4.99. The molecule has 2 heterocycles. The van der Waals surface area contributed by atoms with Gasteiger partial charge in [0.05, 0.1) is 0 Å². The van der Waals surface area contributed by atoms with Crippen LogP contribution in [0.5, 0.6) is 0 Å². The molecular weight excluding hydrogens is 316 g/mol. The fraction of sp³-hybridized carbons (Fsp3) is 0.263. The zero-order valence-corrected chi connectivity index (χ0v) is 14.4. The third-order valence-electron chi connectivity index (χ3n) is 5.51. The van der Waals surface area contributed by atoms with Crippen LogP contribution >= 0.6 is 0 Å². The van der Waals surface area contributed by atoms with E-state index in [0.29, 0.717) is 0 Å². The van der Waals surface area contributed by atoms with Crippen molar-refractivity contribution < 1.29 is 9.59 Å². The maximum absolute atomic E-state index is 13.0. The van der Waals surface area contributed by atoms with E-state index < -0.39 is 11.3 Å². The minimum Gasteiger partial charge on any atom is -0.307 e.